The summed E-state index contributed by atoms with van der Waals surface area (Å²) in [6.07, 6.45) is 4.95. The molecule has 0 aliphatic heterocycles. The summed E-state index contributed by atoms with van der Waals surface area (Å²) in [5.41, 5.74) is 0. The van der Waals surface area contributed by atoms with Gasteiger partial charge in [0.2, 0.25) is 0 Å². The first-order valence-electron chi connectivity index (χ1n) is 5.49. The highest BCUT2D eigenvalue weighted by Crippen LogP contribution is 2.17. The predicted octanol–water partition coefficient (Wildman–Crippen LogP) is 0.210. The third-order valence-electron chi connectivity index (χ3n) is 2.82. The monoisotopic (exact) mass is 257 g/mol. The second-order valence-electron chi connectivity index (χ2n) is 4.31. The minimum Gasteiger partial charge on any atom is -0.339 e. The number of Topliss-reactive ketones (excluding diaryl/α,β-unsaturated/α-hetero) is 1. The fraction of sp³-hybridized carbons (Fsp3) is 0.600. The zero-order valence-corrected chi connectivity index (χ0v) is 10.4. The summed E-state index contributed by atoms with van der Waals surface area (Å²) in [7, 11) is -1.84. The van der Waals surface area contributed by atoms with Crippen LogP contribution in [0.15, 0.2) is 17.6 Å². The molecule has 7 heteroatoms. The Morgan fingerprint density at radius 1 is 1.41 bits per heavy atom. The maximum absolute atomic E-state index is 11.9. The molecule has 6 nitrogen and oxygen atoms in total. The first-order valence-corrected chi connectivity index (χ1v) is 6.98. The first kappa shape index (κ1) is 12.3. The lowest BCUT2D eigenvalue weighted by Gasteiger charge is -2.21. The molecule has 0 aromatic carbocycles. The largest absolute Gasteiger partial charge is 0.339 e. The van der Waals surface area contributed by atoms with Gasteiger partial charge >= 0.3 is 0 Å². The number of nitrogens with one attached hydrogen (secondary N) is 1. The van der Waals surface area contributed by atoms with Gasteiger partial charge in [0.05, 0.1) is 6.33 Å². The molecule has 1 N–H and O–H groups in total. The van der Waals surface area contributed by atoms with Crippen molar-refractivity contribution in [1.29, 1.82) is 0 Å². The Bertz CT molecular complexity index is 511. The molecule has 2 rings (SSSR count). The molecule has 0 spiro atoms. The van der Waals surface area contributed by atoms with Crippen LogP contribution in [0.1, 0.15) is 25.7 Å². The van der Waals surface area contributed by atoms with Gasteiger partial charge < -0.3 is 4.57 Å². The van der Waals surface area contributed by atoms with Crippen molar-refractivity contribution in [3.63, 3.8) is 0 Å². The Morgan fingerprint density at radius 3 is 2.59 bits per heavy atom. The number of hydrogen-bond donors (Lipinski definition) is 1. The minimum atomic E-state index is -3.55. The second kappa shape index (κ2) is 4.58. The Kier molecular flexibility index (Phi) is 3.30. The lowest BCUT2D eigenvalue weighted by Crippen LogP contribution is -2.37. The van der Waals surface area contributed by atoms with Crippen molar-refractivity contribution in [2.24, 2.45) is 7.05 Å². The van der Waals surface area contributed by atoms with Crippen molar-refractivity contribution in [2.75, 3.05) is 0 Å². The third kappa shape index (κ3) is 2.92. The molecular formula is C10H15N3O3S. The standard InChI is InChI=1S/C10H15N3O3S/c1-13-6-10(11-7-13)17(15,16)12-8-2-4-9(14)5-3-8/h6-8,12H,2-5H2,1H3. The van der Waals surface area contributed by atoms with Gasteiger partial charge in [-0.05, 0) is 12.8 Å². The predicted molar refractivity (Wildman–Crippen MR) is 60.8 cm³/mol. The maximum atomic E-state index is 11.9. The molecule has 1 aromatic heterocycles. The number of imidazole rings is 1. The van der Waals surface area contributed by atoms with Crippen molar-refractivity contribution < 1.29 is 13.2 Å². The smallest absolute Gasteiger partial charge is 0.259 e. The van der Waals surface area contributed by atoms with Crippen molar-refractivity contribution in [3.05, 3.63) is 12.5 Å². The van der Waals surface area contributed by atoms with Crippen LogP contribution in [0.25, 0.3) is 0 Å². The fourth-order valence-corrected chi connectivity index (χ4v) is 3.15. The van der Waals surface area contributed by atoms with E-state index in [1.807, 2.05) is 0 Å². The summed E-state index contributed by atoms with van der Waals surface area (Å²) < 4.78 is 28.0. The molecule has 1 fully saturated rings. The lowest BCUT2D eigenvalue weighted by atomic mass is 9.95. The van der Waals surface area contributed by atoms with Gasteiger partial charge in [-0.1, -0.05) is 0 Å². The van der Waals surface area contributed by atoms with E-state index in [1.54, 1.807) is 11.6 Å². The number of carbonyl (C=O) groups excluding carboxylic acids is 1. The van der Waals surface area contributed by atoms with E-state index in [1.165, 1.54) is 12.5 Å². The number of sulfonamides is 1. The van der Waals surface area contributed by atoms with E-state index < -0.39 is 10.0 Å². The van der Waals surface area contributed by atoms with E-state index in [0.717, 1.165) is 0 Å². The number of aryl methyl sites for hydroxylation is 1. The van der Waals surface area contributed by atoms with E-state index in [2.05, 4.69) is 9.71 Å². The summed E-state index contributed by atoms with van der Waals surface area (Å²) in [6, 6.07) is -0.153. The SMILES string of the molecule is Cn1cnc(S(=O)(=O)NC2CCC(=O)CC2)c1. The summed E-state index contributed by atoms with van der Waals surface area (Å²) in [5.74, 6) is 0.207. The van der Waals surface area contributed by atoms with Crippen LogP contribution in [-0.2, 0) is 21.9 Å². The molecule has 0 atom stereocenters. The van der Waals surface area contributed by atoms with Gasteiger partial charge in [0.1, 0.15) is 5.78 Å². The topological polar surface area (TPSA) is 81.1 Å². The zero-order valence-electron chi connectivity index (χ0n) is 9.59. The quantitative estimate of drug-likeness (QED) is 0.839. The van der Waals surface area contributed by atoms with Gasteiger partial charge in [-0.25, -0.2) is 18.1 Å². The number of hydrogen-bond acceptors (Lipinski definition) is 4. The van der Waals surface area contributed by atoms with Crippen LogP contribution in [0.4, 0.5) is 0 Å². The highest BCUT2D eigenvalue weighted by atomic mass is 32.2. The molecule has 1 aliphatic rings. The summed E-state index contributed by atoms with van der Waals surface area (Å²) in [6.45, 7) is 0. The maximum Gasteiger partial charge on any atom is 0.259 e. The average molecular weight is 257 g/mol. The Balaban J connectivity index is 2.05. The van der Waals surface area contributed by atoms with Gasteiger partial charge in [-0.15, -0.1) is 0 Å². The van der Waals surface area contributed by atoms with Crippen LogP contribution >= 0.6 is 0 Å². The summed E-state index contributed by atoms with van der Waals surface area (Å²) in [5, 5.41) is 0.0249. The minimum absolute atomic E-state index is 0.0249. The number of rotatable bonds is 3. The van der Waals surface area contributed by atoms with Gasteiger partial charge in [-0.3, -0.25) is 4.79 Å². The Morgan fingerprint density at radius 2 is 2.06 bits per heavy atom. The van der Waals surface area contributed by atoms with Crippen LogP contribution < -0.4 is 4.72 Å². The second-order valence-corrected chi connectivity index (χ2v) is 5.97. The fourth-order valence-electron chi connectivity index (χ4n) is 1.87. The van der Waals surface area contributed by atoms with Crippen LogP contribution in [0.5, 0.6) is 0 Å². The van der Waals surface area contributed by atoms with E-state index in [0.29, 0.717) is 25.7 Å². The molecule has 1 heterocycles. The van der Waals surface area contributed by atoms with E-state index in [9.17, 15) is 13.2 Å². The van der Waals surface area contributed by atoms with Gasteiger partial charge in [0, 0.05) is 32.1 Å². The highest BCUT2D eigenvalue weighted by Gasteiger charge is 2.25. The van der Waals surface area contributed by atoms with E-state index >= 15 is 0 Å². The number of nitrogens with zero attached hydrogens (tertiary/aromatic N) is 2. The Hall–Kier alpha value is -1.21. The van der Waals surface area contributed by atoms with Gasteiger partial charge in [0.25, 0.3) is 10.0 Å². The first-order chi connectivity index (χ1) is 7.97. The van der Waals surface area contributed by atoms with Crippen molar-refractivity contribution in [2.45, 2.75) is 36.8 Å². The van der Waals surface area contributed by atoms with Crippen LogP contribution in [0, 0.1) is 0 Å². The molecule has 0 amide bonds. The van der Waals surface area contributed by atoms with Crippen LogP contribution in [-0.4, -0.2) is 29.8 Å². The molecule has 0 unspecified atom stereocenters. The molecule has 1 aromatic rings. The lowest BCUT2D eigenvalue weighted by molar-refractivity contribution is -0.120. The van der Waals surface area contributed by atoms with Gasteiger partial charge in [0.15, 0.2) is 5.03 Å². The average Bonchev–Trinajstić information content (AvgIpc) is 2.69. The summed E-state index contributed by atoms with van der Waals surface area (Å²) >= 11 is 0. The zero-order chi connectivity index (χ0) is 12.5. The van der Waals surface area contributed by atoms with Crippen LogP contribution in [0.2, 0.25) is 0 Å². The molecule has 0 bridgehead atoms. The van der Waals surface area contributed by atoms with E-state index in [-0.39, 0.29) is 16.9 Å². The molecule has 0 radical (unpaired) electrons. The molecule has 94 valence electrons. The normalized spacial score (nSPS) is 18.5. The molecule has 1 aliphatic carbocycles. The summed E-state index contributed by atoms with van der Waals surface area (Å²) in [4.78, 5) is 14.9. The van der Waals surface area contributed by atoms with Crippen molar-refractivity contribution in [1.82, 2.24) is 14.3 Å². The molecular weight excluding hydrogens is 242 g/mol. The molecule has 0 saturated heterocycles. The number of carbonyl (C=O) groups is 1. The van der Waals surface area contributed by atoms with Crippen molar-refractivity contribution >= 4 is 15.8 Å². The van der Waals surface area contributed by atoms with Crippen molar-refractivity contribution in [3.8, 4) is 0 Å². The molecule has 17 heavy (non-hydrogen) atoms. The number of aromatic nitrogens is 2. The van der Waals surface area contributed by atoms with Gasteiger partial charge in [-0.2, -0.15) is 0 Å². The van der Waals surface area contributed by atoms with E-state index in [4.69, 9.17) is 0 Å². The Labute approximate surface area is 100 Å². The van der Waals surface area contributed by atoms with Crippen LogP contribution in [0.3, 0.4) is 0 Å². The molecule has 1 saturated carbocycles. The highest BCUT2D eigenvalue weighted by molar-refractivity contribution is 7.89. The number of ketones is 1. The third-order valence-corrected chi connectivity index (χ3v) is 4.23.